The van der Waals surface area contributed by atoms with Gasteiger partial charge in [0.25, 0.3) is 0 Å². The number of ether oxygens (including phenoxy) is 1. The predicted octanol–water partition coefficient (Wildman–Crippen LogP) is 3.24. The Balaban J connectivity index is 2.77. The molecule has 0 aromatic heterocycles. The Bertz CT molecular complexity index is 315. The molecule has 1 N–H and O–H groups in total. The van der Waals surface area contributed by atoms with Crippen molar-refractivity contribution in [1.82, 2.24) is 0 Å². The van der Waals surface area contributed by atoms with Crippen molar-refractivity contribution >= 4 is 27.7 Å². The van der Waals surface area contributed by atoms with Crippen molar-refractivity contribution < 1.29 is 9.84 Å². The Morgan fingerprint density at radius 2 is 2.27 bits per heavy atom. The quantitative estimate of drug-likeness (QED) is 0.667. The molecule has 0 amide bonds. The minimum atomic E-state index is -0.437. The Labute approximate surface area is 103 Å². The van der Waals surface area contributed by atoms with Crippen LogP contribution >= 0.6 is 27.7 Å². The van der Waals surface area contributed by atoms with Crippen LogP contribution in [-0.4, -0.2) is 24.6 Å². The number of methoxy groups -OCH3 is 1. The van der Waals surface area contributed by atoms with Crippen LogP contribution in [-0.2, 0) is 4.74 Å². The molecule has 2 nitrogen and oxygen atoms in total. The van der Waals surface area contributed by atoms with Gasteiger partial charge in [0, 0.05) is 22.2 Å². The molecule has 0 bridgehead atoms. The van der Waals surface area contributed by atoms with Crippen LogP contribution in [0.1, 0.15) is 18.6 Å². The zero-order valence-corrected chi connectivity index (χ0v) is 11.3. The third-order valence-electron chi connectivity index (χ3n) is 1.97. The van der Waals surface area contributed by atoms with Crippen molar-refractivity contribution in [2.45, 2.75) is 17.9 Å². The van der Waals surface area contributed by atoms with Crippen LogP contribution in [0.2, 0.25) is 0 Å². The number of benzene rings is 1. The first kappa shape index (κ1) is 13.0. The number of rotatable bonds is 5. The van der Waals surface area contributed by atoms with Gasteiger partial charge in [0.05, 0.1) is 12.7 Å². The molecule has 0 fully saturated rings. The van der Waals surface area contributed by atoms with Crippen molar-refractivity contribution in [2.24, 2.45) is 0 Å². The summed E-state index contributed by atoms with van der Waals surface area (Å²) in [6.07, 6.45) is -0.437. The van der Waals surface area contributed by atoms with Gasteiger partial charge in [-0.05, 0) is 30.7 Å². The van der Waals surface area contributed by atoms with Gasteiger partial charge in [-0.2, -0.15) is 0 Å². The summed E-state index contributed by atoms with van der Waals surface area (Å²) in [4.78, 5) is 1.12. The molecule has 0 heterocycles. The van der Waals surface area contributed by atoms with E-state index in [1.807, 2.05) is 18.2 Å². The highest BCUT2D eigenvalue weighted by Gasteiger charge is 2.08. The maximum atomic E-state index is 9.62. The molecule has 1 aromatic carbocycles. The molecule has 0 aliphatic heterocycles. The van der Waals surface area contributed by atoms with Gasteiger partial charge in [-0.1, -0.05) is 15.9 Å². The number of hydrogen-bond acceptors (Lipinski definition) is 3. The van der Waals surface area contributed by atoms with Crippen LogP contribution in [0.4, 0.5) is 0 Å². The number of aliphatic hydroxyl groups excluding tert-OH is 1. The normalized spacial score (nSPS) is 12.8. The number of halogens is 1. The number of thioether (sulfide) groups is 1. The zero-order valence-electron chi connectivity index (χ0n) is 8.87. The van der Waals surface area contributed by atoms with Gasteiger partial charge < -0.3 is 9.84 Å². The van der Waals surface area contributed by atoms with Crippen molar-refractivity contribution in [3.8, 4) is 0 Å². The van der Waals surface area contributed by atoms with Crippen LogP contribution in [0, 0.1) is 0 Å². The molecular weight excluding hydrogens is 276 g/mol. The fraction of sp³-hybridized carbons (Fsp3) is 0.455. The summed E-state index contributed by atoms with van der Waals surface area (Å²) in [5.74, 6) is 0.901. The van der Waals surface area contributed by atoms with Crippen LogP contribution in [0.5, 0.6) is 0 Å². The largest absolute Gasteiger partial charge is 0.389 e. The minimum Gasteiger partial charge on any atom is -0.389 e. The maximum absolute atomic E-state index is 9.62. The summed E-state index contributed by atoms with van der Waals surface area (Å²) < 4.78 is 5.99. The van der Waals surface area contributed by atoms with E-state index in [1.54, 1.807) is 25.8 Å². The molecule has 0 spiro atoms. The SMILES string of the molecule is COCCSc1ccc(Br)cc1C(C)O. The Morgan fingerprint density at radius 3 is 2.87 bits per heavy atom. The van der Waals surface area contributed by atoms with E-state index >= 15 is 0 Å². The standard InChI is InChI=1S/C11H15BrO2S/c1-8(13)10-7-9(12)3-4-11(10)15-6-5-14-2/h3-4,7-8,13H,5-6H2,1-2H3. The predicted molar refractivity (Wildman–Crippen MR) is 67.4 cm³/mol. The van der Waals surface area contributed by atoms with Gasteiger partial charge >= 0.3 is 0 Å². The Hall–Kier alpha value is -0.0300. The van der Waals surface area contributed by atoms with Gasteiger partial charge in [0.2, 0.25) is 0 Å². The second-order valence-electron chi connectivity index (χ2n) is 3.20. The molecule has 1 aromatic rings. The average Bonchev–Trinajstić information content (AvgIpc) is 2.20. The minimum absolute atomic E-state index is 0.437. The van der Waals surface area contributed by atoms with E-state index in [0.717, 1.165) is 27.3 Å². The van der Waals surface area contributed by atoms with Crippen molar-refractivity contribution in [2.75, 3.05) is 19.5 Å². The maximum Gasteiger partial charge on any atom is 0.0773 e. The lowest BCUT2D eigenvalue weighted by molar-refractivity contribution is 0.196. The second kappa shape index (κ2) is 6.53. The topological polar surface area (TPSA) is 29.5 Å². The van der Waals surface area contributed by atoms with Crippen molar-refractivity contribution in [3.63, 3.8) is 0 Å². The van der Waals surface area contributed by atoms with E-state index < -0.39 is 6.10 Å². The first-order valence-corrected chi connectivity index (χ1v) is 6.52. The van der Waals surface area contributed by atoms with Crippen LogP contribution < -0.4 is 0 Å². The van der Waals surface area contributed by atoms with Gasteiger partial charge in [-0.15, -0.1) is 11.8 Å². The molecular formula is C11H15BrO2S. The highest BCUT2D eigenvalue weighted by atomic mass is 79.9. The van der Waals surface area contributed by atoms with Crippen molar-refractivity contribution in [3.05, 3.63) is 28.2 Å². The average molecular weight is 291 g/mol. The van der Waals surface area contributed by atoms with E-state index in [9.17, 15) is 5.11 Å². The smallest absolute Gasteiger partial charge is 0.0773 e. The third-order valence-corrected chi connectivity index (χ3v) is 3.51. The van der Waals surface area contributed by atoms with Crippen molar-refractivity contribution in [1.29, 1.82) is 0 Å². The highest BCUT2D eigenvalue weighted by Crippen LogP contribution is 2.30. The van der Waals surface area contributed by atoms with Gasteiger partial charge in [0.15, 0.2) is 0 Å². The summed E-state index contributed by atoms with van der Waals surface area (Å²) >= 11 is 5.10. The van der Waals surface area contributed by atoms with E-state index in [1.165, 1.54) is 0 Å². The first-order chi connectivity index (χ1) is 7.15. The summed E-state index contributed by atoms with van der Waals surface area (Å²) in [5.41, 5.74) is 0.963. The van der Waals surface area contributed by atoms with Crippen LogP contribution in [0.25, 0.3) is 0 Å². The fourth-order valence-corrected chi connectivity index (χ4v) is 2.62. The van der Waals surface area contributed by atoms with E-state index in [4.69, 9.17) is 4.74 Å². The van der Waals surface area contributed by atoms with Crippen LogP contribution in [0.3, 0.4) is 0 Å². The Morgan fingerprint density at radius 1 is 1.53 bits per heavy atom. The highest BCUT2D eigenvalue weighted by molar-refractivity contribution is 9.10. The van der Waals surface area contributed by atoms with Crippen LogP contribution in [0.15, 0.2) is 27.6 Å². The molecule has 0 aliphatic rings. The fourth-order valence-electron chi connectivity index (χ4n) is 1.21. The molecule has 0 saturated heterocycles. The van der Waals surface area contributed by atoms with Gasteiger partial charge in [-0.25, -0.2) is 0 Å². The lowest BCUT2D eigenvalue weighted by Crippen LogP contribution is -1.97. The Kier molecular flexibility index (Phi) is 5.68. The molecule has 15 heavy (non-hydrogen) atoms. The van der Waals surface area contributed by atoms with E-state index in [-0.39, 0.29) is 0 Å². The lowest BCUT2D eigenvalue weighted by atomic mass is 10.1. The molecule has 0 radical (unpaired) electrons. The molecule has 4 heteroatoms. The molecule has 1 unspecified atom stereocenters. The second-order valence-corrected chi connectivity index (χ2v) is 5.25. The summed E-state index contributed by atoms with van der Waals surface area (Å²) in [6, 6.07) is 5.97. The number of aliphatic hydroxyl groups is 1. The van der Waals surface area contributed by atoms with E-state index in [0.29, 0.717) is 0 Å². The molecule has 0 saturated carbocycles. The summed E-state index contributed by atoms with van der Waals surface area (Å²) in [5, 5.41) is 9.62. The molecule has 1 rings (SSSR count). The third kappa shape index (κ3) is 4.15. The zero-order chi connectivity index (χ0) is 11.3. The number of hydrogen-bond donors (Lipinski definition) is 1. The molecule has 1 atom stereocenters. The summed E-state index contributed by atoms with van der Waals surface area (Å²) in [7, 11) is 1.69. The van der Waals surface area contributed by atoms with Gasteiger partial charge in [0.1, 0.15) is 0 Å². The monoisotopic (exact) mass is 290 g/mol. The molecule has 0 aliphatic carbocycles. The molecule has 84 valence electrons. The lowest BCUT2D eigenvalue weighted by Gasteiger charge is -2.11. The van der Waals surface area contributed by atoms with Gasteiger partial charge in [-0.3, -0.25) is 0 Å². The summed E-state index contributed by atoms with van der Waals surface area (Å²) in [6.45, 7) is 2.50. The van der Waals surface area contributed by atoms with E-state index in [2.05, 4.69) is 15.9 Å². The first-order valence-electron chi connectivity index (χ1n) is 4.74.